The van der Waals surface area contributed by atoms with Crippen LogP contribution in [-0.4, -0.2) is 23.4 Å². The first-order chi connectivity index (χ1) is 10.3. The standard InChI is InChI=1S/C17H20ClN3/c18-14-7-5-13(6-8-14)16-17-15-4-2-1-3-12(15)9-10-21(17)20-11-19-16/h5-10,12,15,17,20H,1-4,11H2. The maximum atomic E-state index is 6.02. The Hall–Kier alpha value is -1.32. The predicted molar refractivity (Wildman–Crippen MR) is 86.2 cm³/mol. The first-order valence-corrected chi connectivity index (χ1v) is 8.21. The molecule has 1 aliphatic carbocycles. The number of benzene rings is 1. The molecule has 21 heavy (non-hydrogen) atoms. The van der Waals surface area contributed by atoms with Crippen molar-refractivity contribution in [3.05, 3.63) is 47.1 Å². The molecule has 110 valence electrons. The number of fused-ring (bicyclic) bond motifs is 3. The van der Waals surface area contributed by atoms with Gasteiger partial charge in [-0.25, -0.2) is 5.43 Å². The molecule has 1 aromatic carbocycles. The van der Waals surface area contributed by atoms with E-state index in [1.165, 1.54) is 37.0 Å². The zero-order valence-corrected chi connectivity index (χ0v) is 12.8. The van der Waals surface area contributed by atoms with Gasteiger partial charge in [-0.1, -0.05) is 42.7 Å². The van der Waals surface area contributed by atoms with E-state index in [0.717, 1.165) is 5.02 Å². The van der Waals surface area contributed by atoms with Crippen LogP contribution in [0.1, 0.15) is 31.2 Å². The lowest BCUT2D eigenvalue weighted by Gasteiger charge is -2.47. The number of halogens is 1. The Labute approximate surface area is 130 Å². The molecule has 3 nitrogen and oxygen atoms in total. The molecule has 3 unspecified atom stereocenters. The van der Waals surface area contributed by atoms with Crippen LogP contribution in [0.25, 0.3) is 0 Å². The maximum absolute atomic E-state index is 6.02. The number of nitrogens with one attached hydrogen (secondary N) is 1. The number of hydrogen-bond acceptors (Lipinski definition) is 3. The number of aliphatic imine (C=N–C) groups is 1. The van der Waals surface area contributed by atoms with Crippen molar-refractivity contribution in [1.82, 2.24) is 10.4 Å². The van der Waals surface area contributed by atoms with Crippen molar-refractivity contribution < 1.29 is 0 Å². The molecule has 1 fully saturated rings. The van der Waals surface area contributed by atoms with E-state index in [9.17, 15) is 0 Å². The summed E-state index contributed by atoms with van der Waals surface area (Å²) in [5, 5.41) is 3.05. The second kappa shape index (κ2) is 5.47. The van der Waals surface area contributed by atoms with Crippen LogP contribution in [0.15, 0.2) is 41.5 Å². The molecular weight excluding hydrogens is 282 g/mol. The molecule has 3 atom stereocenters. The highest BCUT2D eigenvalue weighted by Gasteiger charge is 2.40. The minimum absolute atomic E-state index is 0.357. The van der Waals surface area contributed by atoms with Crippen molar-refractivity contribution >= 4 is 17.3 Å². The lowest BCUT2D eigenvalue weighted by Crippen LogP contribution is -2.57. The fraction of sp³-hybridized carbons (Fsp3) is 0.471. The Morgan fingerprint density at radius 3 is 2.81 bits per heavy atom. The predicted octanol–water partition coefficient (Wildman–Crippen LogP) is 3.61. The van der Waals surface area contributed by atoms with E-state index in [-0.39, 0.29) is 0 Å². The van der Waals surface area contributed by atoms with Crippen molar-refractivity contribution in [2.24, 2.45) is 16.8 Å². The minimum atomic E-state index is 0.357. The van der Waals surface area contributed by atoms with E-state index in [4.69, 9.17) is 16.6 Å². The Morgan fingerprint density at radius 2 is 1.95 bits per heavy atom. The zero-order chi connectivity index (χ0) is 14.2. The SMILES string of the molecule is Clc1ccc(C2=NCNN3C=CC4CCCCC4C23)cc1. The van der Waals surface area contributed by atoms with E-state index < -0.39 is 0 Å². The molecule has 2 aliphatic heterocycles. The van der Waals surface area contributed by atoms with Crippen LogP contribution in [-0.2, 0) is 0 Å². The third-order valence-electron chi connectivity index (χ3n) is 5.00. The van der Waals surface area contributed by atoms with Gasteiger partial charge in [-0.05, 0) is 42.4 Å². The second-order valence-electron chi connectivity index (χ2n) is 6.17. The van der Waals surface area contributed by atoms with Crippen LogP contribution in [0.5, 0.6) is 0 Å². The van der Waals surface area contributed by atoms with Crippen LogP contribution < -0.4 is 5.43 Å². The van der Waals surface area contributed by atoms with Crippen LogP contribution in [0, 0.1) is 11.8 Å². The average molecular weight is 302 g/mol. The minimum Gasteiger partial charge on any atom is -0.305 e. The average Bonchev–Trinajstić information content (AvgIpc) is 2.55. The molecule has 3 aliphatic rings. The van der Waals surface area contributed by atoms with E-state index >= 15 is 0 Å². The summed E-state index contributed by atoms with van der Waals surface area (Å²) in [6.45, 7) is 0.649. The van der Waals surface area contributed by atoms with Gasteiger partial charge in [0.25, 0.3) is 0 Å². The first-order valence-electron chi connectivity index (χ1n) is 7.83. The molecule has 1 N–H and O–H groups in total. The Morgan fingerprint density at radius 1 is 1.14 bits per heavy atom. The molecule has 1 saturated carbocycles. The molecule has 0 amide bonds. The fourth-order valence-corrected chi connectivity index (χ4v) is 4.11. The Balaban J connectivity index is 1.71. The summed E-state index contributed by atoms with van der Waals surface area (Å²) in [7, 11) is 0. The zero-order valence-electron chi connectivity index (χ0n) is 12.0. The highest BCUT2D eigenvalue weighted by Crippen LogP contribution is 2.39. The second-order valence-corrected chi connectivity index (χ2v) is 6.61. The van der Waals surface area contributed by atoms with Gasteiger partial charge in [0, 0.05) is 11.2 Å². The summed E-state index contributed by atoms with van der Waals surface area (Å²) in [5.41, 5.74) is 5.82. The van der Waals surface area contributed by atoms with Gasteiger partial charge in [0.1, 0.15) is 6.67 Å². The van der Waals surface area contributed by atoms with E-state index in [1.54, 1.807) is 0 Å². The van der Waals surface area contributed by atoms with Crippen LogP contribution >= 0.6 is 11.6 Å². The molecule has 0 aromatic heterocycles. The Kier molecular flexibility index (Phi) is 3.48. The van der Waals surface area contributed by atoms with Gasteiger partial charge in [0.15, 0.2) is 0 Å². The van der Waals surface area contributed by atoms with Crippen molar-refractivity contribution in [2.45, 2.75) is 31.7 Å². The highest BCUT2D eigenvalue weighted by atomic mass is 35.5. The van der Waals surface area contributed by atoms with Gasteiger partial charge in [-0.15, -0.1) is 0 Å². The van der Waals surface area contributed by atoms with Crippen molar-refractivity contribution in [3.63, 3.8) is 0 Å². The summed E-state index contributed by atoms with van der Waals surface area (Å²) in [4.78, 5) is 4.79. The van der Waals surface area contributed by atoms with Crippen molar-refractivity contribution in [1.29, 1.82) is 0 Å². The molecule has 4 rings (SSSR count). The third kappa shape index (κ3) is 2.39. The Bertz CT molecular complexity index is 578. The molecule has 4 heteroatoms. The van der Waals surface area contributed by atoms with Crippen molar-refractivity contribution in [2.75, 3.05) is 6.67 Å². The normalized spacial score (nSPS) is 31.4. The quantitative estimate of drug-likeness (QED) is 0.858. The highest BCUT2D eigenvalue weighted by molar-refractivity contribution is 6.30. The summed E-state index contributed by atoms with van der Waals surface area (Å²) < 4.78 is 0. The molecule has 0 saturated heterocycles. The van der Waals surface area contributed by atoms with Crippen LogP contribution in [0.4, 0.5) is 0 Å². The lowest BCUT2D eigenvalue weighted by molar-refractivity contribution is 0.109. The lowest BCUT2D eigenvalue weighted by atomic mass is 9.71. The number of hydrazine groups is 1. The largest absolute Gasteiger partial charge is 0.305 e. The first kappa shape index (κ1) is 13.4. The monoisotopic (exact) mass is 301 g/mol. The van der Waals surface area contributed by atoms with E-state index in [0.29, 0.717) is 24.5 Å². The number of rotatable bonds is 1. The fourth-order valence-electron chi connectivity index (χ4n) is 3.99. The molecule has 0 spiro atoms. The number of nitrogens with zero attached hydrogens (tertiary/aromatic N) is 2. The topological polar surface area (TPSA) is 27.6 Å². The van der Waals surface area contributed by atoms with E-state index in [2.05, 4.69) is 34.8 Å². The van der Waals surface area contributed by atoms with Gasteiger partial charge in [-0.3, -0.25) is 4.99 Å². The van der Waals surface area contributed by atoms with Gasteiger partial charge in [0.05, 0.1) is 11.8 Å². The van der Waals surface area contributed by atoms with Gasteiger partial charge in [-0.2, -0.15) is 0 Å². The summed E-state index contributed by atoms with van der Waals surface area (Å²) in [5.74, 6) is 1.38. The van der Waals surface area contributed by atoms with Crippen LogP contribution in [0.3, 0.4) is 0 Å². The summed E-state index contributed by atoms with van der Waals surface area (Å²) in [6.07, 6.45) is 9.93. The number of allylic oxidation sites excluding steroid dienone is 1. The van der Waals surface area contributed by atoms with Gasteiger partial charge in [0.2, 0.25) is 0 Å². The van der Waals surface area contributed by atoms with Crippen LogP contribution in [0.2, 0.25) is 5.02 Å². The summed E-state index contributed by atoms with van der Waals surface area (Å²) >= 11 is 6.02. The third-order valence-corrected chi connectivity index (χ3v) is 5.25. The van der Waals surface area contributed by atoms with E-state index in [1.807, 2.05) is 12.1 Å². The molecule has 0 bridgehead atoms. The summed E-state index contributed by atoms with van der Waals surface area (Å²) in [6, 6.07) is 8.47. The molecular formula is C17H20ClN3. The number of hydrogen-bond donors (Lipinski definition) is 1. The molecule has 0 radical (unpaired) electrons. The van der Waals surface area contributed by atoms with Gasteiger partial charge >= 0.3 is 0 Å². The molecule has 1 aromatic rings. The molecule has 2 heterocycles. The smallest absolute Gasteiger partial charge is 0.106 e. The maximum Gasteiger partial charge on any atom is 0.106 e. The van der Waals surface area contributed by atoms with Crippen molar-refractivity contribution in [3.8, 4) is 0 Å². The van der Waals surface area contributed by atoms with Gasteiger partial charge < -0.3 is 5.01 Å².